The Morgan fingerprint density at radius 3 is 2.83 bits per heavy atom. The van der Waals surface area contributed by atoms with Crippen molar-refractivity contribution in [3.8, 4) is 0 Å². The van der Waals surface area contributed by atoms with E-state index in [-0.39, 0.29) is 11.6 Å². The molecule has 0 aliphatic carbocycles. The van der Waals surface area contributed by atoms with Gasteiger partial charge < -0.3 is 4.74 Å². The van der Waals surface area contributed by atoms with Crippen molar-refractivity contribution in [2.75, 3.05) is 8.86 Å². The molecule has 0 aromatic rings. The lowest BCUT2D eigenvalue weighted by Crippen LogP contribution is -2.33. The summed E-state index contributed by atoms with van der Waals surface area (Å²) in [6, 6.07) is 0. The molecule has 1 fully saturated rings. The van der Waals surface area contributed by atoms with E-state index < -0.39 is 0 Å². The number of rotatable bonds is 3. The minimum Gasteiger partial charge on any atom is -0.458 e. The summed E-state index contributed by atoms with van der Waals surface area (Å²) >= 11 is 4.64. The van der Waals surface area contributed by atoms with Crippen LogP contribution in [-0.4, -0.2) is 20.4 Å². The van der Waals surface area contributed by atoms with Gasteiger partial charge in [-0.3, -0.25) is 4.79 Å². The number of halogens is 2. The first-order valence-corrected chi connectivity index (χ1v) is 7.01. The fourth-order valence-electron chi connectivity index (χ4n) is 1.48. The van der Waals surface area contributed by atoms with Crippen LogP contribution in [0, 0.1) is 5.92 Å². The molecule has 1 aliphatic heterocycles. The molecule has 4 heteroatoms. The normalized spacial score (nSPS) is 35.2. The van der Waals surface area contributed by atoms with E-state index in [1.807, 2.05) is 6.92 Å². The number of esters is 1. The largest absolute Gasteiger partial charge is 0.458 e. The molecule has 0 aromatic heterocycles. The molecule has 12 heavy (non-hydrogen) atoms. The highest BCUT2D eigenvalue weighted by Crippen LogP contribution is 2.36. The molecule has 1 rings (SSSR count). The van der Waals surface area contributed by atoms with Gasteiger partial charge in [0.15, 0.2) is 0 Å². The highest BCUT2D eigenvalue weighted by molar-refractivity contribution is 14.1. The molecule has 1 aliphatic rings. The van der Waals surface area contributed by atoms with Crippen molar-refractivity contribution in [2.45, 2.75) is 25.4 Å². The van der Waals surface area contributed by atoms with Crippen LogP contribution in [0.5, 0.6) is 0 Å². The SMILES string of the molecule is C[C@]1(CI)OC(=O)C[C@H]1CCI. The Bertz CT molecular complexity index is 184. The van der Waals surface area contributed by atoms with E-state index in [4.69, 9.17) is 4.74 Å². The molecule has 0 bridgehead atoms. The monoisotopic (exact) mass is 394 g/mol. The smallest absolute Gasteiger partial charge is 0.306 e. The van der Waals surface area contributed by atoms with Crippen molar-refractivity contribution in [3.63, 3.8) is 0 Å². The second-order valence-corrected chi connectivity index (χ2v) is 5.14. The third-order valence-electron chi connectivity index (χ3n) is 2.35. The standard InChI is InChI=1S/C8H12I2O2/c1-8(5-10)6(2-3-9)4-7(11)12-8/h6H,2-5H2,1H3/t6-,8-/m1/s1. The van der Waals surface area contributed by atoms with E-state index >= 15 is 0 Å². The summed E-state index contributed by atoms with van der Waals surface area (Å²) < 4.78 is 7.32. The predicted molar refractivity (Wildman–Crippen MR) is 65.0 cm³/mol. The van der Waals surface area contributed by atoms with Gasteiger partial charge in [0, 0.05) is 10.3 Å². The van der Waals surface area contributed by atoms with Crippen molar-refractivity contribution in [3.05, 3.63) is 0 Å². The highest BCUT2D eigenvalue weighted by Gasteiger charge is 2.43. The van der Waals surface area contributed by atoms with Crippen LogP contribution < -0.4 is 0 Å². The van der Waals surface area contributed by atoms with Crippen molar-refractivity contribution in [1.29, 1.82) is 0 Å². The van der Waals surface area contributed by atoms with Crippen LogP contribution in [0.2, 0.25) is 0 Å². The molecule has 0 radical (unpaired) electrons. The number of ether oxygens (including phenoxy) is 1. The Balaban J connectivity index is 2.65. The minimum absolute atomic E-state index is 0.0241. The van der Waals surface area contributed by atoms with Gasteiger partial charge in [-0.25, -0.2) is 0 Å². The van der Waals surface area contributed by atoms with Gasteiger partial charge in [-0.05, 0) is 17.8 Å². The summed E-state index contributed by atoms with van der Waals surface area (Å²) in [5.74, 6) is 0.405. The van der Waals surface area contributed by atoms with Crippen molar-refractivity contribution >= 4 is 51.2 Å². The second-order valence-electron chi connectivity index (χ2n) is 3.30. The third-order valence-corrected chi connectivity index (χ3v) is 4.48. The maximum absolute atomic E-state index is 11.1. The summed E-state index contributed by atoms with van der Waals surface area (Å²) in [4.78, 5) is 11.1. The molecule has 1 heterocycles. The molecule has 2 nitrogen and oxygen atoms in total. The zero-order valence-electron chi connectivity index (χ0n) is 6.98. The topological polar surface area (TPSA) is 26.3 Å². The van der Waals surface area contributed by atoms with Crippen LogP contribution in [0.1, 0.15) is 19.8 Å². The molecular weight excluding hydrogens is 382 g/mol. The van der Waals surface area contributed by atoms with Gasteiger partial charge in [0.2, 0.25) is 0 Å². The molecule has 0 N–H and O–H groups in total. The molecular formula is C8H12I2O2. The molecule has 0 saturated carbocycles. The minimum atomic E-state index is -0.192. The number of hydrogen-bond donors (Lipinski definition) is 0. The van der Waals surface area contributed by atoms with Crippen LogP contribution >= 0.6 is 45.2 Å². The van der Waals surface area contributed by atoms with Crippen LogP contribution in [0.3, 0.4) is 0 Å². The van der Waals surface area contributed by atoms with Gasteiger partial charge in [-0.2, -0.15) is 0 Å². The summed E-state index contributed by atoms with van der Waals surface area (Å²) in [5.41, 5.74) is -0.192. The quantitative estimate of drug-likeness (QED) is 0.418. The molecule has 1 saturated heterocycles. The summed E-state index contributed by atoms with van der Waals surface area (Å²) in [6.07, 6.45) is 1.70. The Morgan fingerprint density at radius 2 is 2.33 bits per heavy atom. The number of hydrogen-bond acceptors (Lipinski definition) is 2. The van der Waals surface area contributed by atoms with Gasteiger partial charge in [0.25, 0.3) is 0 Å². The van der Waals surface area contributed by atoms with Gasteiger partial charge in [0.1, 0.15) is 5.60 Å². The fraction of sp³-hybridized carbons (Fsp3) is 0.875. The van der Waals surface area contributed by atoms with Crippen LogP contribution in [0.4, 0.5) is 0 Å². The van der Waals surface area contributed by atoms with E-state index in [2.05, 4.69) is 45.2 Å². The van der Waals surface area contributed by atoms with Crippen molar-refractivity contribution in [1.82, 2.24) is 0 Å². The number of alkyl halides is 2. The average molecular weight is 394 g/mol. The summed E-state index contributed by atoms with van der Waals surface area (Å²) in [7, 11) is 0. The lowest BCUT2D eigenvalue weighted by atomic mass is 9.89. The van der Waals surface area contributed by atoms with Crippen molar-refractivity contribution < 1.29 is 9.53 Å². The first-order chi connectivity index (χ1) is 5.62. The summed E-state index contributed by atoms with van der Waals surface area (Å²) in [5, 5.41) is 0. The van der Waals surface area contributed by atoms with E-state index in [0.29, 0.717) is 12.3 Å². The zero-order chi connectivity index (χ0) is 9.19. The Hall–Kier alpha value is 0.930. The molecule has 2 atom stereocenters. The molecule has 0 spiro atoms. The number of carbonyl (C=O) groups is 1. The van der Waals surface area contributed by atoms with Crippen LogP contribution in [0.25, 0.3) is 0 Å². The van der Waals surface area contributed by atoms with Gasteiger partial charge in [0.05, 0.1) is 6.42 Å². The maximum atomic E-state index is 11.1. The maximum Gasteiger partial charge on any atom is 0.306 e. The molecule has 70 valence electrons. The third kappa shape index (κ3) is 2.24. The first-order valence-electron chi connectivity index (χ1n) is 3.96. The average Bonchev–Trinajstić information content (AvgIpc) is 2.29. The Labute approximate surface area is 100 Å². The van der Waals surface area contributed by atoms with E-state index in [0.717, 1.165) is 15.3 Å². The van der Waals surface area contributed by atoms with E-state index in [1.165, 1.54) is 0 Å². The van der Waals surface area contributed by atoms with E-state index in [9.17, 15) is 4.79 Å². The number of cyclic esters (lactones) is 1. The lowest BCUT2D eigenvalue weighted by molar-refractivity contribution is -0.146. The highest BCUT2D eigenvalue weighted by atomic mass is 127. The summed E-state index contributed by atoms with van der Waals surface area (Å²) in [6.45, 7) is 2.04. The number of carbonyl (C=O) groups excluding carboxylic acids is 1. The van der Waals surface area contributed by atoms with Gasteiger partial charge in [-0.1, -0.05) is 45.2 Å². The Kier molecular flexibility index (Phi) is 4.07. The van der Waals surface area contributed by atoms with E-state index in [1.54, 1.807) is 0 Å². The first kappa shape index (κ1) is 11.0. The predicted octanol–water partition coefficient (Wildman–Crippen LogP) is 2.57. The zero-order valence-corrected chi connectivity index (χ0v) is 11.3. The Morgan fingerprint density at radius 1 is 1.67 bits per heavy atom. The van der Waals surface area contributed by atoms with Crippen LogP contribution in [0.15, 0.2) is 0 Å². The molecule has 0 unspecified atom stereocenters. The fourth-order valence-corrected chi connectivity index (χ4v) is 3.01. The van der Waals surface area contributed by atoms with Crippen LogP contribution in [-0.2, 0) is 9.53 Å². The van der Waals surface area contributed by atoms with Gasteiger partial charge >= 0.3 is 5.97 Å². The molecule has 0 aromatic carbocycles. The lowest BCUT2D eigenvalue weighted by Gasteiger charge is -2.26. The molecule has 0 amide bonds. The second kappa shape index (κ2) is 4.43. The van der Waals surface area contributed by atoms with Gasteiger partial charge in [-0.15, -0.1) is 0 Å². The van der Waals surface area contributed by atoms with Crippen molar-refractivity contribution in [2.24, 2.45) is 5.92 Å².